The average molecular weight is 1470 g/mol. The van der Waals surface area contributed by atoms with Crippen LogP contribution in [0.4, 0.5) is 0 Å². The molecule has 0 unspecified atom stereocenters. The van der Waals surface area contributed by atoms with E-state index < -0.39 is 30.1 Å². The molecule has 0 radical (unpaired) electrons. The molecule has 0 saturated carbocycles. The number of fused-ring (bicyclic) bond motifs is 3. The van der Waals surface area contributed by atoms with Gasteiger partial charge in [-0.15, -0.1) is 15.3 Å². The van der Waals surface area contributed by atoms with Crippen molar-refractivity contribution in [1.29, 1.82) is 0 Å². The van der Waals surface area contributed by atoms with Crippen molar-refractivity contribution in [3.63, 3.8) is 0 Å². The molecule has 1 fully saturated rings. The van der Waals surface area contributed by atoms with Crippen LogP contribution < -0.4 is 48.2 Å². The van der Waals surface area contributed by atoms with E-state index >= 15 is 0 Å². The number of sulfonamides is 3. The molecule has 5 N–H and O–H groups in total. The van der Waals surface area contributed by atoms with Crippen LogP contribution in [0.25, 0.3) is 50.7 Å². The molecule has 548 valence electrons. The van der Waals surface area contributed by atoms with E-state index in [-0.39, 0.29) is 88.4 Å². The van der Waals surface area contributed by atoms with E-state index in [2.05, 4.69) is 52.1 Å². The van der Waals surface area contributed by atoms with Gasteiger partial charge >= 0.3 is 0 Å². The second-order valence-corrected chi connectivity index (χ2v) is 29.1. The maximum Gasteiger partial charge on any atom is 0.277 e. The Labute approximate surface area is 590 Å². The quantitative estimate of drug-likeness (QED) is 0.0470. The number of hydrogen-bond acceptors (Lipinski definition) is 19. The number of nitrogens with one attached hydrogen (secondary N) is 4. The fourth-order valence-electron chi connectivity index (χ4n) is 11.8. The summed E-state index contributed by atoms with van der Waals surface area (Å²) in [7, 11) is -11.3. The predicted molar refractivity (Wildman–Crippen MR) is 380 cm³/mol. The third kappa shape index (κ3) is 17.3. The van der Waals surface area contributed by atoms with E-state index in [1.807, 2.05) is 48.5 Å². The second kappa shape index (κ2) is 35.6. The lowest BCUT2D eigenvalue weighted by Crippen LogP contribution is -3.14. The predicted octanol–water partition coefficient (Wildman–Crippen LogP) is 3.21. The van der Waals surface area contributed by atoms with Crippen LogP contribution >= 0.6 is 0 Å². The lowest BCUT2D eigenvalue weighted by Gasteiger charge is -2.31. The van der Waals surface area contributed by atoms with Crippen LogP contribution in [0.5, 0.6) is 17.2 Å². The Balaban J connectivity index is 0.000000234. The van der Waals surface area contributed by atoms with Gasteiger partial charge in [-0.05, 0) is 129 Å². The Kier molecular flexibility index (Phi) is 28.8. The smallest absolute Gasteiger partial charge is 0.277 e. The van der Waals surface area contributed by atoms with E-state index in [9.17, 15) is 44.7 Å². The van der Waals surface area contributed by atoms with Gasteiger partial charge < -0.3 is 51.6 Å². The molecule has 1 saturated heterocycles. The normalized spacial score (nSPS) is 13.1. The number of halogens is 1. The van der Waals surface area contributed by atoms with Crippen LogP contribution in [0.3, 0.4) is 0 Å². The summed E-state index contributed by atoms with van der Waals surface area (Å²) in [6.45, 7) is 29.8. The highest BCUT2D eigenvalue weighted by molar-refractivity contribution is 7.89. The summed E-state index contributed by atoms with van der Waals surface area (Å²) in [6.07, 6.45) is 5.12. The summed E-state index contributed by atoms with van der Waals surface area (Å²) in [5, 5.41) is 23.2. The zero-order valence-electron chi connectivity index (χ0n) is 58.7. The minimum absolute atomic E-state index is 0. The molecule has 33 heteroatoms. The highest BCUT2D eigenvalue weighted by atomic mass is 35.5. The van der Waals surface area contributed by atoms with E-state index in [4.69, 9.17) is 14.2 Å². The number of aliphatic hydroxyl groups is 1. The Bertz CT molecular complexity index is 4820. The number of rotatable bonds is 28. The van der Waals surface area contributed by atoms with Gasteiger partial charge in [-0.3, -0.25) is 14.4 Å². The lowest BCUT2D eigenvalue weighted by molar-refractivity contribution is -0.901. The number of quaternary nitrogens is 1. The number of nitrogens with zero attached hydrogens (tertiary/aromatic N) is 12. The van der Waals surface area contributed by atoms with Crippen LogP contribution in [0, 0.1) is 20.8 Å². The number of aliphatic hydroxyl groups excluding tert-OH is 1. The molecule has 0 bridgehead atoms. The first-order chi connectivity index (χ1) is 46.8. The zero-order chi connectivity index (χ0) is 71.4. The van der Waals surface area contributed by atoms with E-state index in [1.54, 1.807) is 74.0 Å². The number of aromatic amines is 3. The molecule has 0 aliphatic carbocycles. The summed E-state index contributed by atoms with van der Waals surface area (Å²) in [6, 6.07) is 13.8. The molecule has 0 atom stereocenters. The zero-order valence-corrected chi connectivity index (χ0v) is 61.9. The van der Waals surface area contributed by atoms with Gasteiger partial charge in [-0.25, -0.2) is 53.8 Å². The van der Waals surface area contributed by atoms with E-state index in [0.29, 0.717) is 157 Å². The summed E-state index contributed by atoms with van der Waals surface area (Å²) < 4.78 is 105. The lowest BCUT2D eigenvalue weighted by atomic mass is 10.2. The third-order valence-electron chi connectivity index (χ3n) is 16.5. The monoisotopic (exact) mass is 1460 g/mol. The van der Waals surface area contributed by atoms with Crippen molar-refractivity contribution >= 4 is 46.6 Å². The molecule has 1 aliphatic heterocycles. The summed E-state index contributed by atoms with van der Waals surface area (Å²) >= 11 is 0. The summed E-state index contributed by atoms with van der Waals surface area (Å²) in [5.41, 5.74) is 3.09. The molecular weight excluding hydrogens is 1370 g/mol. The molecule has 29 nitrogen and oxygen atoms in total. The van der Waals surface area contributed by atoms with Crippen LogP contribution in [-0.2, 0) is 49.3 Å². The van der Waals surface area contributed by atoms with Gasteiger partial charge in [0.25, 0.3) is 16.7 Å². The number of likely N-dealkylation sites (N-methyl/N-ethyl adjacent to an activating group) is 1. The Morgan fingerprint density at radius 2 is 0.840 bits per heavy atom. The van der Waals surface area contributed by atoms with Crippen molar-refractivity contribution in [1.82, 2.24) is 71.7 Å². The van der Waals surface area contributed by atoms with Gasteiger partial charge in [0.1, 0.15) is 34.7 Å². The molecule has 1 aliphatic rings. The van der Waals surface area contributed by atoms with Gasteiger partial charge in [0, 0.05) is 45.4 Å². The van der Waals surface area contributed by atoms with Crippen molar-refractivity contribution in [2.75, 3.05) is 85.3 Å². The van der Waals surface area contributed by atoms with Crippen molar-refractivity contribution in [2.45, 2.75) is 157 Å². The van der Waals surface area contributed by atoms with Gasteiger partial charge in [0.15, 0.2) is 34.0 Å². The van der Waals surface area contributed by atoms with Crippen LogP contribution in [0.2, 0.25) is 0 Å². The minimum Gasteiger partial charge on any atom is -1.00 e. The molecule has 100 heavy (non-hydrogen) atoms. The largest absolute Gasteiger partial charge is 1.00 e. The summed E-state index contributed by atoms with van der Waals surface area (Å²) in [4.78, 5) is 62.2. The fraction of sp³-hybridized carbons (Fsp3) is 0.507. The maximum atomic E-state index is 13.4. The van der Waals surface area contributed by atoms with E-state index in [0.717, 1.165) is 38.9 Å². The van der Waals surface area contributed by atoms with Crippen molar-refractivity contribution < 1.29 is 61.9 Å². The van der Waals surface area contributed by atoms with Crippen LogP contribution in [0.15, 0.2) is 83.7 Å². The number of aryl methyl sites for hydroxylation is 6. The van der Waals surface area contributed by atoms with Crippen molar-refractivity contribution in [3.8, 4) is 51.4 Å². The highest BCUT2D eigenvalue weighted by Gasteiger charge is 2.32. The highest BCUT2D eigenvalue weighted by Crippen LogP contribution is 2.35. The molecule has 0 amide bonds. The van der Waals surface area contributed by atoms with Crippen LogP contribution in [0.1, 0.15) is 137 Å². The molecule has 9 aromatic rings. The topological polar surface area (TPSA) is 354 Å². The standard InChI is InChI=1S/C23H32N6O4S.C22H31N5O5S.C21H29N5O4S.CH4.ClH/c1-5-8-20-24-16(4)21-23(30)25-22(26-29(20)21)18-15-17(9-10-19(18)33-7-3)34(31,32)28-13-11-27(6-2)12-14-28;1-5-8-19-23-15(4)20-22(29)24-21(25-27(19)20)17-14-16(9-10-18(17)32-7-3)33(30,31)26(11-6-2)12-13-28;1-6-10-18-22-14(5)19-21(27)23-20(24-26(18)19)16-13-15(11-12-17(16)30-9-4)31(28,29)25(7-2)8-3;;/h9-10,15H,5-8,11-14H2,1-4H3,(H,25,26,30);9-10,14,28H,5-8,11-13H2,1-4H3,(H,24,25,29);11-13H,6-10H2,1-5H3,(H,23,24,27);1H4;1H. The first-order valence-electron chi connectivity index (χ1n) is 33.6. The number of piperazine rings is 1. The second-order valence-electron chi connectivity index (χ2n) is 23.3. The Morgan fingerprint density at radius 3 is 1.15 bits per heavy atom. The number of H-pyrrole nitrogens is 3. The Hall–Kier alpha value is -7.95. The third-order valence-corrected chi connectivity index (χ3v) is 22.4. The van der Waals surface area contributed by atoms with Crippen molar-refractivity contribution in [2.24, 2.45) is 0 Å². The number of hydrogen-bond donors (Lipinski definition) is 5. The number of imidazole rings is 3. The maximum absolute atomic E-state index is 13.4. The molecular formula is C67H97ClN16O13S3. The average Bonchev–Trinajstić information content (AvgIpc) is 1.42. The number of ether oxygens (including phenoxy) is 3. The summed E-state index contributed by atoms with van der Waals surface area (Å²) in [5.74, 6) is 4.00. The first kappa shape index (κ1) is 81.0. The minimum atomic E-state index is -3.87. The number of benzene rings is 3. The molecule has 6 aromatic heterocycles. The van der Waals surface area contributed by atoms with Gasteiger partial charge in [0.2, 0.25) is 30.1 Å². The molecule has 10 rings (SSSR count). The first-order valence-corrected chi connectivity index (χ1v) is 37.9. The SMILES string of the molecule is C.CCCc1nc(C)c2c(=O)[nH]c(-c3cc(S(=O)(=O)N(CC)CC)ccc3OCC)nn12.CCCc1nc(C)c2c(=O)[nH]c(-c3cc(S(=O)(=O)N(CCC)CCO)ccc3OCC)nn12.CCCc1nc(C)c2c(=O)[nH]c(-c3cc(S(=O)(=O)N4CC[NH+](CC)CC4)ccc3OCC)nn12.[Cl-]. The number of aromatic nitrogens is 12. The molecule has 0 spiro atoms. The Morgan fingerprint density at radius 1 is 0.500 bits per heavy atom. The molecule has 3 aromatic carbocycles. The van der Waals surface area contributed by atoms with Gasteiger partial charge in [-0.1, -0.05) is 49.0 Å². The molecule has 7 heterocycles. The van der Waals surface area contributed by atoms with Gasteiger partial charge in [0.05, 0.1) is 108 Å². The van der Waals surface area contributed by atoms with Gasteiger partial charge in [-0.2, -0.15) is 12.9 Å². The van der Waals surface area contributed by atoms with Crippen molar-refractivity contribution in [3.05, 3.63) is 120 Å². The van der Waals surface area contributed by atoms with E-state index in [1.165, 1.54) is 46.6 Å². The fourth-order valence-corrected chi connectivity index (χ4v) is 16.3. The van der Waals surface area contributed by atoms with Crippen LogP contribution in [-0.4, -0.2) is 187 Å².